The molecule has 0 amide bonds. The van der Waals surface area contributed by atoms with Gasteiger partial charge in [-0.1, -0.05) is 0 Å². The van der Waals surface area contributed by atoms with Gasteiger partial charge in [0.2, 0.25) is 0 Å². The number of aromatic nitrogens is 1. The Morgan fingerprint density at radius 1 is 1.32 bits per heavy atom. The molecule has 1 aromatic heterocycles. The summed E-state index contributed by atoms with van der Waals surface area (Å²) in [6.45, 7) is 0.346. The third-order valence-electron chi connectivity index (χ3n) is 2.59. The first-order valence-electron chi connectivity index (χ1n) is 5.68. The lowest BCUT2D eigenvalue weighted by molar-refractivity contribution is -0.384. The van der Waals surface area contributed by atoms with Crippen LogP contribution in [0.4, 0.5) is 11.4 Å². The number of rotatable bonds is 5. The van der Waals surface area contributed by atoms with Gasteiger partial charge in [0.15, 0.2) is 0 Å². The fourth-order valence-electron chi connectivity index (χ4n) is 1.61. The molecule has 1 N–H and O–H groups in total. The van der Waals surface area contributed by atoms with Crippen LogP contribution in [0.15, 0.2) is 42.7 Å². The SMILES string of the molecule is CNc1ccc(OCc2ccncc2)cc1[N+](=O)[O-]. The van der Waals surface area contributed by atoms with Crippen LogP contribution in [0.25, 0.3) is 0 Å². The van der Waals surface area contributed by atoms with Gasteiger partial charge in [-0.2, -0.15) is 0 Å². The molecule has 6 nitrogen and oxygen atoms in total. The van der Waals surface area contributed by atoms with E-state index < -0.39 is 4.92 Å². The van der Waals surface area contributed by atoms with Gasteiger partial charge < -0.3 is 10.1 Å². The number of benzene rings is 1. The van der Waals surface area contributed by atoms with Crippen LogP contribution in [-0.4, -0.2) is 17.0 Å². The van der Waals surface area contributed by atoms with Crippen LogP contribution < -0.4 is 10.1 Å². The summed E-state index contributed by atoms with van der Waals surface area (Å²) in [7, 11) is 1.64. The molecule has 0 atom stereocenters. The second-order valence-electron chi connectivity index (χ2n) is 3.83. The summed E-state index contributed by atoms with van der Waals surface area (Å²) in [4.78, 5) is 14.4. The van der Waals surface area contributed by atoms with Gasteiger partial charge in [0.25, 0.3) is 5.69 Å². The van der Waals surface area contributed by atoms with E-state index in [1.807, 2.05) is 12.1 Å². The van der Waals surface area contributed by atoms with E-state index in [0.29, 0.717) is 18.0 Å². The van der Waals surface area contributed by atoms with E-state index in [1.165, 1.54) is 6.07 Å². The molecule has 98 valence electrons. The Bertz CT molecular complexity index is 573. The molecular weight excluding hydrogens is 246 g/mol. The predicted molar refractivity (Wildman–Crippen MR) is 71.2 cm³/mol. The van der Waals surface area contributed by atoms with Crippen molar-refractivity contribution in [2.24, 2.45) is 0 Å². The molecule has 0 aliphatic rings. The molecule has 0 aliphatic carbocycles. The third kappa shape index (κ3) is 3.19. The number of nitro groups is 1. The molecule has 0 radical (unpaired) electrons. The van der Waals surface area contributed by atoms with Gasteiger partial charge in [0.1, 0.15) is 18.0 Å². The van der Waals surface area contributed by atoms with Crippen LogP contribution >= 0.6 is 0 Å². The predicted octanol–water partition coefficient (Wildman–Crippen LogP) is 2.61. The second kappa shape index (κ2) is 5.81. The molecular formula is C13H13N3O3. The van der Waals surface area contributed by atoms with Crippen molar-refractivity contribution in [3.8, 4) is 5.75 Å². The van der Waals surface area contributed by atoms with Crippen LogP contribution in [0.2, 0.25) is 0 Å². The van der Waals surface area contributed by atoms with Crippen LogP contribution in [0.5, 0.6) is 5.75 Å². The highest BCUT2D eigenvalue weighted by molar-refractivity contribution is 5.63. The molecule has 0 unspecified atom stereocenters. The second-order valence-corrected chi connectivity index (χ2v) is 3.83. The molecule has 1 heterocycles. The number of nitrogens with zero attached hydrogens (tertiary/aromatic N) is 2. The van der Waals surface area contributed by atoms with Crippen molar-refractivity contribution in [1.82, 2.24) is 4.98 Å². The first kappa shape index (κ1) is 12.8. The zero-order valence-corrected chi connectivity index (χ0v) is 10.4. The molecule has 1 aromatic carbocycles. The summed E-state index contributed by atoms with van der Waals surface area (Å²) in [6, 6.07) is 8.39. The average Bonchev–Trinajstić information content (AvgIpc) is 2.46. The van der Waals surface area contributed by atoms with E-state index in [1.54, 1.807) is 31.6 Å². The van der Waals surface area contributed by atoms with E-state index >= 15 is 0 Å². The zero-order chi connectivity index (χ0) is 13.7. The minimum Gasteiger partial charge on any atom is -0.489 e. The highest BCUT2D eigenvalue weighted by Gasteiger charge is 2.13. The fraction of sp³-hybridized carbons (Fsp3) is 0.154. The van der Waals surface area contributed by atoms with E-state index in [-0.39, 0.29) is 5.69 Å². The van der Waals surface area contributed by atoms with Crippen molar-refractivity contribution in [2.75, 3.05) is 12.4 Å². The topological polar surface area (TPSA) is 77.3 Å². The number of nitro benzene ring substituents is 1. The minimum atomic E-state index is -0.439. The summed E-state index contributed by atoms with van der Waals surface area (Å²) in [6.07, 6.45) is 3.34. The van der Waals surface area contributed by atoms with Crippen LogP contribution in [-0.2, 0) is 6.61 Å². The van der Waals surface area contributed by atoms with Gasteiger partial charge in [-0.25, -0.2) is 0 Å². The van der Waals surface area contributed by atoms with Gasteiger partial charge in [-0.05, 0) is 29.8 Å². The minimum absolute atomic E-state index is 0.00488. The Morgan fingerprint density at radius 2 is 2.05 bits per heavy atom. The maximum Gasteiger partial charge on any atom is 0.296 e. The smallest absolute Gasteiger partial charge is 0.296 e. The van der Waals surface area contributed by atoms with Gasteiger partial charge in [0.05, 0.1) is 11.0 Å². The van der Waals surface area contributed by atoms with Crippen LogP contribution in [0, 0.1) is 10.1 Å². The zero-order valence-electron chi connectivity index (χ0n) is 10.4. The highest BCUT2D eigenvalue weighted by atomic mass is 16.6. The van der Waals surface area contributed by atoms with E-state index in [4.69, 9.17) is 4.74 Å². The normalized spacial score (nSPS) is 9.95. The Labute approximate surface area is 110 Å². The van der Waals surface area contributed by atoms with Crippen molar-refractivity contribution < 1.29 is 9.66 Å². The first-order chi connectivity index (χ1) is 9.20. The molecule has 19 heavy (non-hydrogen) atoms. The number of ether oxygens (including phenoxy) is 1. The summed E-state index contributed by atoms with van der Waals surface area (Å²) in [5.74, 6) is 0.461. The lowest BCUT2D eigenvalue weighted by Crippen LogP contribution is -1.99. The van der Waals surface area contributed by atoms with Crippen molar-refractivity contribution >= 4 is 11.4 Å². The average molecular weight is 259 g/mol. The Kier molecular flexibility index (Phi) is 3.92. The monoisotopic (exact) mass is 259 g/mol. The molecule has 0 fully saturated rings. The van der Waals surface area contributed by atoms with Gasteiger partial charge in [0, 0.05) is 19.4 Å². The number of pyridine rings is 1. The Morgan fingerprint density at radius 3 is 2.68 bits per heavy atom. The summed E-state index contributed by atoms with van der Waals surface area (Å²) >= 11 is 0. The third-order valence-corrected chi connectivity index (χ3v) is 2.59. The molecule has 0 saturated carbocycles. The maximum atomic E-state index is 10.9. The summed E-state index contributed by atoms with van der Waals surface area (Å²) in [5, 5.41) is 13.7. The van der Waals surface area contributed by atoms with Crippen molar-refractivity contribution in [2.45, 2.75) is 6.61 Å². The van der Waals surface area contributed by atoms with E-state index in [9.17, 15) is 10.1 Å². The standard InChI is InChI=1S/C13H13N3O3/c1-14-12-3-2-11(8-13(12)16(17)18)19-9-10-4-6-15-7-5-10/h2-8,14H,9H2,1H3. The lowest BCUT2D eigenvalue weighted by atomic mass is 10.2. The molecule has 2 rings (SSSR count). The summed E-state index contributed by atoms with van der Waals surface area (Å²) in [5.41, 5.74) is 1.41. The van der Waals surface area contributed by atoms with Crippen molar-refractivity contribution in [3.05, 3.63) is 58.4 Å². The Hall–Kier alpha value is -2.63. The number of hydrogen-bond acceptors (Lipinski definition) is 5. The quantitative estimate of drug-likeness (QED) is 0.659. The molecule has 0 spiro atoms. The maximum absolute atomic E-state index is 10.9. The van der Waals surface area contributed by atoms with Crippen molar-refractivity contribution in [3.63, 3.8) is 0 Å². The van der Waals surface area contributed by atoms with E-state index in [0.717, 1.165) is 5.56 Å². The van der Waals surface area contributed by atoms with Crippen LogP contribution in [0.3, 0.4) is 0 Å². The molecule has 6 heteroatoms. The van der Waals surface area contributed by atoms with E-state index in [2.05, 4.69) is 10.3 Å². The molecule has 0 aliphatic heterocycles. The fourth-order valence-corrected chi connectivity index (χ4v) is 1.61. The molecule has 2 aromatic rings. The van der Waals surface area contributed by atoms with Gasteiger partial charge in [-0.15, -0.1) is 0 Å². The van der Waals surface area contributed by atoms with Crippen molar-refractivity contribution in [1.29, 1.82) is 0 Å². The molecule has 0 bridgehead atoms. The summed E-state index contributed by atoms with van der Waals surface area (Å²) < 4.78 is 5.52. The van der Waals surface area contributed by atoms with Gasteiger partial charge in [-0.3, -0.25) is 15.1 Å². The number of nitrogens with one attached hydrogen (secondary N) is 1. The highest BCUT2D eigenvalue weighted by Crippen LogP contribution is 2.28. The van der Waals surface area contributed by atoms with Crippen LogP contribution in [0.1, 0.15) is 5.56 Å². The Balaban J connectivity index is 2.13. The largest absolute Gasteiger partial charge is 0.489 e. The first-order valence-corrected chi connectivity index (χ1v) is 5.68. The van der Waals surface area contributed by atoms with Gasteiger partial charge >= 0.3 is 0 Å². The lowest BCUT2D eigenvalue weighted by Gasteiger charge is -2.08. The molecule has 0 saturated heterocycles. The number of anilines is 1. The number of hydrogen-bond donors (Lipinski definition) is 1.